The standard InChI is InChI=1S/C27H25N3O3/c1-32-23-13-11-20(12-14-23)26-24(17-30(29-26)22-8-3-2-4-9-22)27(31)28-16-19-15-21-7-5-6-10-25(21)33-18-19/h2-14,17,19H,15-16,18H2,1H3,(H,28,31). The van der Waals surface area contributed by atoms with E-state index in [4.69, 9.17) is 14.6 Å². The molecule has 0 fully saturated rings. The third-order valence-electron chi connectivity index (χ3n) is 5.85. The van der Waals surface area contributed by atoms with E-state index in [1.807, 2.05) is 72.8 Å². The maximum atomic E-state index is 13.3. The number of para-hydroxylation sites is 2. The number of nitrogens with one attached hydrogen (secondary N) is 1. The summed E-state index contributed by atoms with van der Waals surface area (Å²) in [5.41, 5.74) is 4.08. The molecule has 0 radical (unpaired) electrons. The number of carbonyl (C=O) groups excluding carboxylic acids is 1. The zero-order valence-electron chi connectivity index (χ0n) is 18.4. The molecule has 3 aromatic carbocycles. The van der Waals surface area contributed by atoms with Gasteiger partial charge in [0, 0.05) is 24.2 Å². The molecule has 6 nitrogen and oxygen atoms in total. The molecule has 0 aliphatic carbocycles. The summed E-state index contributed by atoms with van der Waals surface area (Å²) in [6.07, 6.45) is 2.67. The molecule has 2 heterocycles. The van der Waals surface area contributed by atoms with Crippen LogP contribution >= 0.6 is 0 Å². The van der Waals surface area contributed by atoms with Crippen molar-refractivity contribution in [3.05, 3.63) is 96.2 Å². The van der Waals surface area contributed by atoms with Crippen molar-refractivity contribution >= 4 is 5.91 Å². The van der Waals surface area contributed by atoms with Gasteiger partial charge in [-0.3, -0.25) is 4.79 Å². The lowest BCUT2D eigenvalue weighted by Gasteiger charge is -2.25. The molecule has 1 amide bonds. The van der Waals surface area contributed by atoms with Gasteiger partial charge in [-0.1, -0.05) is 36.4 Å². The molecule has 0 saturated heterocycles. The molecule has 0 spiro atoms. The molecular weight excluding hydrogens is 414 g/mol. The van der Waals surface area contributed by atoms with Crippen molar-refractivity contribution in [2.45, 2.75) is 6.42 Å². The maximum absolute atomic E-state index is 13.3. The molecule has 5 rings (SSSR count). The van der Waals surface area contributed by atoms with Crippen molar-refractivity contribution in [3.63, 3.8) is 0 Å². The molecule has 1 aliphatic rings. The van der Waals surface area contributed by atoms with Crippen LogP contribution in [0.15, 0.2) is 85.1 Å². The van der Waals surface area contributed by atoms with Gasteiger partial charge < -0.3 is 14.8 Å². The SMILES string of the molecule is COc1ccc(-c2nn(-c3ccccc3)cc2C(=O)NCC2COc3ccccc3C2)cc1. The zero-order valence-corrected chi connectivity index (χ0v) is 18.4. The second-order valence-corrected chi connectivity index (χ2v) is 8.10. The molecule has 1 N–H and O–H groups in total. The summed E-state index contributed by atoms with van der Waals surface area (Å²) >= 11 is 0. The fourth-order valence-electron chi connectivity index (χ4n) is 4.07. The van der Waals surface area contributed by atoms with Crippen LogP contribution in [0.4, 0.5) is 0 Å². The average Bonchev–Trinajstić information content (AvgIpc) is 3.33. The average molecular weight is 440 g/mol. The first-order valence-electron chi connectivity index (χ1n) is 11.0. The van der Waals surface area contributed by atoms with E-state index in [1.54, 1.807) is 18.0 Å². The molecule has 4 aromatic rings. The second-order valence-electron chi connectivity index (χ2n) is 8.10. The molecule has 1 aromatic heterocycles. The Balaban J connectivity index is 1.38. The number of methoxy groups -OCH3 is 1. The Bertz CT molecular complexity index is 1250. The van der Waals surface area contributed by atoms with Gasteiger partial charge in [-0.05, 0) is 54.4 Å². The molecule has 33 heavy (non-hydrogen) atoms. The Hall–Kier alpha value is -4.06. The van der Waals surface area contributed by atoms with E-state index < -0.39 is 0 Å². The number of ether oxygens (including phenoxy) is 2. The highest BCUT2D eigenvalue weighted by molar-refractivity contribution is 6.00. The molecule has 0 bridgehead atoms. The first kappa shape index (κ1) is 20.8. The predicted octanol–water partition coefficient (Wildman–Crippen LogP) is 4.53. The van der Waals surface area contributed by atoms with Crippen LogP contribution in [0.3, 0.4) is 0 Å². The van der Waals surface area contributed by atoms with Gasteiger partial charge in [-0.25, -0.2) is 4.68 Å². The third kappa shape index (κ3) is 4.46. The Morgan fingerprint density at radius 1 is 1.06 bits per heavy atom. The highest BCUT2D eigenvalue weighted by Gasteiger charge is 2.23. The largest absolute Gasteiger partial charge is 0.497 e. The number of fused-ring (bicyclic) bond motifs is 1. The number of hydrogen-bond donors (Lipinski definition) is 1. The number of carbonyl (C=O) groups is 1. The van der Waals surface area contributed by atoms with Gasteiger partial charge in [-0.15, -0.1) is 0 Å². The normalized spacial score (nSPS) is 14.8. The molecular formula is C27H25N3O3. The number of benzene rings is 3. The minimum absolute atomic E-state index is 0.151. The van der Waals surface area contributed by atoms with E-state index in [0.717, 1.165) is 29.2 Å². The van der Waals surface area contributed by atoms with E-state index in [0.29, 0.717) is 24.4 Å². The highest BCUT2D eigenvalue weighted by atomic mass is 16.5. The lowest BCUT2D eigenvalue weighted by Crippen LogP contribution is -2.34. The van der Waals surface area contributed by atoms with Crippen molar-refractivity contribution in [2.75, 3.05) is 20.3 Å². The Morgan fingerprint density at radius 2 is 1.82 bits per heavy atom. The van der Waals surface area contributed by atoms with Crippen molar-refractivity contribution in [3.8, 4) is 28.4 Å². The van der Waals surface area contributed by atoms with Crippen LogP contribution < -0.4 is 14.8 Å². The Labute approximate surface area is 192 Å². The Morgan fingerprint density at radius 3 is 2.61 bits per heavy atom. The van der Waals surface area contributed by atoms with Gasteiger partial charge >= 0.3 is 0 Å². The maximum Gasteiger partial charge on any atom is 0.255 e. The van der Waals surface area contributed by atoms with E-state index in [9.17, 15) is 4.79 Å². The second kappa shape index (κ2) is 9.20. The lowest BCUT2D eigenvalue weighted by molar-refractivity contribution is 0.0939. The van der Waals surface area contributed by atoms with Crippen molar-refractivity contribution in [2.24, 2.45) is 5.92 Å². The first-order chi connectivity index (χ1) is 16.2. The fraction of sp³-hybridized carbons (Fsp3) is 0.185. The zero-order chi connectivity index (χ0) is 22.6. The van der Waals surface area contributed by atoms with E-state index in [1.165, 1.54) is 5.56 Å². The topological polar surface area (TPSA) is 65.4 Å². The van der Waals surface area contributed by atoms with E-state index in [2.05, 4.69) is 11.4 Å². The van der Waals surface area contributed by atoms with Crippen molar-refractivity contribution < 1.29 is 14.3 Å². The number of rotatable bonds is 6. The van der Waals surface area contributed by atoms with Crippen LogP contribution in [0.2, 0.25) is 0 Å². The molecule has 0 saturated carbocycles. The van der Waals surface area contributed by atoms with Crippen LogP contribution in [0.5, 0.6) is 11.5 Å². The monoisotopic (exact) mass is 439 g/mol. The van der Waals surface area contributed by atoms with Gasteiger partial charge in [-0.2, -0.15) is 5.10 Å². The molecule has 1 atom stereocenters. The smallest absolute Gasteiger partial charge is 0.255 e. The molecule has 6 heteroatoms. The highest BCUT2D eigenvalue weighted by Crippen LogP contribution is 2.28. The number of amides is 1. The number of hydrogen-bond acceptors (Lipinski definition) is 4. The quantitative estimate of drug-likeness (QED) is 0.479. The molecule has 1 unspecified atom stereocenters. The molecule has 166 valence electrons. The van der Waals surface area contributed by atoms with Crippen LogP contribution in [0, 0.1) is 5.92 Å². The summed E-state index contributed by atoms with van der Waals surface area (Å²) in [4.78, 5) is 13.3. The number of aromatic nitrogens is 2. The van der Waals surface area contributed by atoms with E-state index >= 15 is 0 Å². The van der Waals surface area contributed by atoms with Gasteiger partial charge in [0.1, 0.15) is 17.2 Å². The lowest BCUT2D eigenvalue weighted by atomic mass is 9.96. The summed E-state index contributed by atoms with van der Waals surface area (Å²) < 4.78 is 12.9. The van der Waals surface area contributed by atoms with Gasteiger partial charge in [0.05, 0.1) is 25.0 Å². The van der Waals surface area contributed by atoms with Crippen LogP contribution in [-0.2, 0) is 6.42 Å². The summed E-state index contributed by atoms with van der Waals surface area (Å²) in [5, 5.41) is 7.84. The summed E-state index contributed by atoms with van der Waals surface area (Å²) in [7, 11) is 1.63. The van der Waals surface area contributed by atoms with Crippen LogP contribution in [0.25, 0.3) is 16.9 Å². The van der Waals surface area contributed by atoms with Crippen LogP contribution in [0.1, 0.15) is 15.9 Å². The fourth-order valence-corrected chi connectivity index (χ4v) is 4.07. The summed E-state index contributed by atoms with van der Waals surface area (Å²) in [6, 6.07) is 25.4. The number of nitrogens with zero attached hydrogens (tertiary/aromatic N) is 2. The van der Waals surface area contributed by atoms with Crippen LogP contribution in [-0.4, -0.2) is 35.9 Å². The van der Waals surface area contributed by atoms with Gasteiger partial charge in [0.15, 0.2) is 0 Å². The van der Waals surface area contributed by atoms with Gasteiger partial charge in [0.25, 0.3) is 5.91 Å². The van der Waals surface area contributed by atoms with Crippen molar-refractivity contribution in [1.82, 2.24) is 15.1 Å². The first-order valence-corrected chi connectivity index (χ1v) is 11.0. The van der Waals surface area contributed by atoms with E-state index in [-0.39, 0.29) is 11.8 Å². The van der Waals surface area contributed by atoms with Gasteiger partial charge in [0.2, 0.25) is 0 Å². The minimum atomic E-state index is -0.151. The minimum Gasteiger partial charge on any atom is -0.497 e. The Kier molecular flexibility index (Phi) is 5.81. The third-order valence-corrected chi connectivity index (χ3v) is 5.85. The summed E-state index contributed by atoms with van der Waals surface area (Å²) in [5.74, 6) is 1.76. The van der Waals surface area contributed by atoms with Crippen molar-refractivity contribution in [1.29, 1.82) is 0 Å². The summed E-state index contributed by atoms with van der Waals surface area (Å²) in [6.45, 7) is 1.12. The predicted molar refractivity (Wildman–Crippen MR) is 127 cm³/mol. The molecule has 1 aliphatic heterocycles.